The summed E-state index contributed by atoms with van der Waals surface area (Å²) >= 11 is 0. The third kappa shape index (κ3) is 47.3. The molecule has 0 spiro atoms. The lowest BCUT2D eigenvalue weighted by Crippen LogP contribution is -2.30. The topological polar surface area (TPSA) is 78.9 Å². The van der Waals surface area contributed by atoms with Gasteiger partial charge in [-0.2, -0.15) is 0 Å². The van der Waals surface area contributed by atoms with E-state index in [1.807, 2.05) is 0 Å². The van der Waals surface area contributed by atoms with Gasteiger partial charge in [-0.15, -0.1) is 0 Å². The van der Waals surface area contributed by atoms with Crippen LogP contribution in [-0.2, 0) is 28.6 Å². The minimum absolute atomic E-state index is 0.0644. The molecule has 0 aromatic carbocycles. The van der Waals surface area contributed by atoms with Gasteiger partial charge in [0, 0.05) is 19.3 Å². The van der Waals surface area contributed by atoms with Gasteiger partial charge in [0.2, 0.25) is 0 Å². The molecule has 0 unspecified atom stereocenters. The normalized spacial score (nSPS) is 12.1. The second-order valence-electron chi connectivity index (χ2n) is 19.1. The van der Waals surface area contributed by atoms with Crippen LogP contribution in [0, 0.1) is 11.8 Å². The lowest BCUT2D eigenvalue weighted by atomic mass is 10.0. The molecule has 0 heterocycles. The Balaban J connectivity index is 4.26. The molecular formula is C53H102O6. The highest BCUT2D eigenvalue weighted by Crippen LogP contribution is 2.17. The minimum atomic E-state index is -0.762. The Hall–Kier alpha value is -1.59. The monoisotopic (exact) mass is 835 g/mol. The minimum Gasteiger partial charge on any atom is -0.462 e. The van der Waals surface area contributed by atoms with Crippen LogP contribution >= 0.6 is 0 Å². The third-order valence-electron chi connectivity index (χ3n) is 12.0. The van der Waals surface area contributed by atoms with E-state index in [-0.39, 0.29) is 31.1 Å². The molecule has 0 radical (unpaired) electrons. The van der Waals surface area contributed by atoms with Gasteiger partial charge >= 0.3 is 17.9 Å². The average molecular weight is 835 g/mol. The quantitative estimate of drug-likeness (QED) is 0.0345. The fourth-order valence-electron chi connectivity index (χ4n) is 7.99. The first-order valence-electron chi connectivity index (χ1n) is 26.2. The molecule has 0 saturated heterocycles. The zero-order valence-electron chi connectivity index (χ0n) is 40.4. The van der Waals surface area contributed by atoms with Gasteiger partial charge in [0.05, 0.1) is 0 Å². The molecule has 0 amide bonds. The first kappa shape index (κ1) is 57.4. The maximum Gasteiger partial charge on any atom is 0.306 e. The molecule has 1 atom stereocenters. The Morgan fingerprint density at radius 2 is 0.559 bits per heavy atom. The number of hydrogen-bond acceptors (Lipinski definition) is 6. The molecule has 0 fully saturated rings. The molecule has 0 aliphatic rings. The van der Waals surface area contributed by atoms with Crippen LogP contribution in [0.5, 0.6) is 0 Å². The van der Waals surface area contributed by atoms with Crippen molar-refractivity contribution in [2.75, 3.05) is 13.2 Å². The molecule has 0 aliphatic heterocycles. The van der Waals surface area contributed by atoms with E-state index in [1.165, 1.54) is 180 Å². The molecule has 6 heteroatoms. The maximum atomic E-state index is 12.8. The van der Waals surface area contributed by atoms with Gasteiger partial charge in [-0.25, -0.2) is 0 Å². The predicted molar refractivity (Wildman–Crippen MR) is 252 cm³/mol. The molecule has 59 heavy (non-hydrogen) atoms. The van der Waals surface area contributed by atoms with Crippen molar-refractivity contribution < 1.29 is 28.6 Å². The number of unbranched alkanes of at least 4 members (excludes halogenated alkanes) is 32. The fourth-order valence-corrected chi connectivity index (χ4v) is 7.99. The molecule has 0 aliphatic carbocycles. The van der Waals surface area contributed by atoms with Gasteiger partial charge in [-0.3, -0.25) is 14.4 Å². The molecule has 0 N–H and O–H groups in total. The Morgan fingerprint density at radius 1 is 0.322 bits per heavy atom. The van der Waals surface area contributed by atoms with Crippen LogP contribution < -0.4 is 0 Å². The molecule has 6 nitrogen and oxygen atoms in total. The molecule has 0 rings (SSSR count). The van der Waals surface area contributed by atoms with Crippen LogP contribution in [0.2, 0.25) is 0 Å². The smallest absolute Gasteiger partial charge is 0.306 e. The SMILES string of the molecule is CCCCCCCCCCCCCCCCCCC(=O)O[C@H](COC(=O)CCCCCCCCCCCCCCCC(C)C)COC(=O)CCCCCCCCC(C)C. The summed E-state index contributed by atoms with van der Waals surface area (Å²) in [5.74, 6) is 0.751. The summed E-state index contributed by atoms with van der Waals surface area (Å²) in [7, 11) is 0. The van der Waals surface area contributed by atoms with Gasteiger partial charge in [-0.05, 0) is 31.1 Å². The van der Waals surface area contributed by atoms with Crippen LogP contribution in [0.25, 0.3) is 0 Å². The van der Waals surface area contributed by atoms with E-state index in [1.54, 1.807) is 0 Å². The van der Waals surface area contributed by atoms with Crippen molar-refractivity contribution >= 4 is 17.9 Å². The summed E-state index contributed by atoms with van der Waals surface area (Å²) in [6.07, 6.45) is 46.7. The maximum absolute atomic E-state index is 12.8. The predicted octanol–water partition coefficient (Wildman–Crippen LogP) is 16.9. The Morgan fingerprint density at radius 3 is 0.831 bits per heavy atom. The van der Waals surface area contributed by atoms with Crippen LogP contribution in [0.3, 0.4) is 0 Å². The number of esters is 3. The van der Waals surface area contributed by atoms with Gasteiger partial charge in [0.15, 0.2) is 6.10 Å². The lowest BCUT2D eigenvalue weighted by Gasteiger charge is -2.18. The average Bonchev–Trinajstić information content (AvgIpc) is 3.20. The Bertz CT molecular complexity index is 900. The number of rotatable bonds is 47. The highest BCUT2D eigenvalue weighted by molar-refractivity contribution is 5.71. The van der Waals surface area contributed by atoms with Gasteiger partial charge in [0.1, 0.15) is 13.2 Å². The van der Waals surface area contributed by atoms with E-state index < -0.39 is 6.10 Å². The lowest BCUT2D eigenvalue weighted by molar-refractivity contribution is -0.167. The Kier molecular flexibility index (Phi) is 44.7. The van der Waals surface area contributed by atoms with Crippen molar-refractivity contribution in [3.8, 4) is 0 Å². The van der Waals surface area contributed by atoms with Crippen molar-refractivity contribution in [1.82, 2.24) is 0 Å². The van der Waals surface area contributed by atoms with Crippen molar-refractivity contribution in [2.45, 2.75) is 298 Å². The second kappa shape index (κ2) is 45.9. The summed E-state index contributed by atoms with van der Waals surface area (Å²) in [6.45, 7) is 11.3. The van der Waals surface area contributed by atoms with Gasteiger partial charge in [-0.1, -0.05) is 253 Å². The molecule has 0 aromatic rings. The molecular weight excluding hydrogens is 733 g/mol. The van der Waals surface area contributed by atoms with E-state index in [2.05, 4.69) is 34.6 Å². The zero-order chi connectivity index (χ0) is 43.3. The number of ether oxygens (including phenoxy) is 3. The highest BCUT2D eigenvalue weighted by atomic mass is 16.6. The van der Waals surface area contributed by atoms with Crippen molar-refractivity contribution in [3.63, 3.8) is 0 Å². The van der Waals surface area contributed by atoms with Crippen molar-refractivity contribution in [1.29, 1.82) is 0 Å². The van der Waals surface area contributed by atoms with Gasteiger partial charge < -0.3 is 14.2 Å². The summed E-state index contributed by atoms with van der Waals surface area (Å²) in [5.41, 5.74) is 0. The van der Waals surface area contributed by atoms with Gasteiger partial charge in [0.25, 0.3) is 0 Å². The molecule has 350 valence electrons. The van der Waals surface area contributed by atoms with E-state index in [0.717, 1.165) is 69.6 Å². The summed E-state index contributed by atoms with van der Waals surface area (Å²) in [4.78, 5) is 37.9. The van der Waals surface area contributed by atoms with E-state index >= 15 is 0 Å². The number of hydrogen-bond donors (Lipinski definition) is 0. The van der Waals surface area contributed by atoms with E-state index in [9.17, 15) is 14.4 Å². The number of carbonyl (C=O) groups excluding carboxylic acids is 3. The summed E-state index contributed by atoms with van der Waals surface area (Å²) < 4.78 is 16.8. The first-order valence-corrected chi connectivity index (χ1v) is 26.2. The fraction of sp³-hybridized carbons (Fsp3) is 0.943. The van der Waals surface area contributed by atoms with Crippen molar-refractivity contribution in [2.24, 2.45) is 11.8 Å². The Labute approximate surface area is 368 Å². The summed E-state index contributed by atoms with van der Waals surface area (Å²) in [5, 5.41) is 0. The van der Waals surface area contributed by atoms with E-state index in [0.29, 0.717) is 19.3 Å². The standard InChI is InChI=1S/C53H102O6/c1-6-7-8-9-10-11-12-13-14-15-18-22-25-28-35-40-45-53(56)59-50(47-58-52(55)44-39-34-30-29-32-37-42-49(4)5)46-57-51(54)43-38-33-27-24-21-19-16-17-20-23-26-31-36-41-48(2)3/h48-50H,6-47H2,1-5H3/t50-/m1/s1. The second-order valence-corrected chi connectivity index (χ2v) is 19.1. The zero-order valence-corrected chi connectivity index (χ0v) is 40.4. The first-order chi connectivity index (χ1) is 28.7. The molecule has 0 aromatic heterocycles. The molecule has 0 saturated carbocycles. The van der Waals surface area contributed by atoms with Crippen LogP contribution in [0.15, 0.2) is 0 Å². The van der Waals surface area contributed by atoms with E-state index in [4.69, 9.17) is 14.2 Å². The van der Waals surface area contributed by atoms with Crippen LogP contribution in [0.1, 0.15) is 291 Å². The summed E-state index contributed by atoms with van der Waals surface area (Å²) in [6, 6.07) is 0. The van der Waals surface area contributed by atoms with Crippen LogP contribution in [-0.4, -0.2) is 37.2 Å². The van der Waals surface area contributed by atoms with Crippen molar-refractivity contribution in [3.05, 3.63) is 0 Å². The van der Waals surface area contributed by atoms with Crippen LogP contribution in [0.4, 0.5) is 0 Å². The highest BCUT2D eigenvalue weighted by Gasteiger charge is 2.19. The largest absolute Gasteiger partial charge is 0.462 e. The third-order valence-corrected chi connectivity index (χ3v) is 12.0. The molecule has 0 bridgehead atoms. The number of carbonyl (C=O) groups is 3.